The Bertz CT molecular complexity index is 1250. The molecule has 0 saturated heterocycles. The predicted octanol–water partition coefficient (Wildman–Crippen LogP) is 23.7. The maximum absolute atomic E-state index is 12.5. The molecule has 0 aliphatic heterocycles. The molecular formula is C74H143NO5. The summed E-state index contributed by atoms with van der Waals surface area (Å²) in [5.41, 5.74) is 0. The first-order valence-electron chi connectivity index (χ1n) is 36.6. The summed E-state index contributed by atoms with van der Waals surface area (Å²) in [6, 6.07) is -0.540. The van der Waals surface area contributed by atoms with Crippen molar-refractivity contribution in [2.75, 3.05) is 13.2 Å². The molecular weight excluding hydrogens is 983 g/mol. The van der Waals surface area contributed by atoms with E-state index in [1.54, 1.807) is 0 Å². The van der Waals surface area contributed by atoms with E-state index in [0.717, 1.165) is 51.4 Å². The van der Waals surface area contributed by atoms with Crippen molar-refractivity contribution in [3.05, 3.63) is 24.3 Å². The Morgan fingerprint density at radius 1 is 0.350 bits per heavy atom. The summed E-state index contributed by atoms with van der Waals surface area (Å²) in [5, 5.41) is 23.4. The van der Waals surface area contributed by atoms with Crippen molar-refractivity contribution in [1.29, 1.82) is 0 Å². The Morgan fingerprint density at radius 3 is 0.975 bits per heavy atom. The number of nitrogens with one attached hydrogen (secondary N) is 1. The maximum Gasteiger partial charge on any atom is 0.305 e. The van der Waals surface area contributed by atoms with Gasteiger partial charge in [-0.2, -0.15) is 0 Å². The number of unbranched alkanes of at least 4 members (excludes halogenated alkanes) is 54. The molecule has 2 unspecified atom stereocenters. The van der Waals surface area contributed by atoms with Crippen LogP contribution in [0.3, 0.4) is 0 Å². The number of rotatable bonds is 69. The largest absolute Gasteiger partial charge is 0.466 e. The Labute approximate surface area is 501 Å². The van der Waals surface area contributed by atoms with E-state index in [2.05, 4.69) is 43.5 Å². The summed E-state index contributed by atoms with van der Waals surface area (Å²) in [4.78, 5) is 24.6. The minimum Gasteiger partial charge on any atom is -0.466 e. The molecule has 80 heavy (non-hydrogen) atoms. The smallest absolute Gasteiger partial charge is 0.305 e. The molecule has 0 aromatic carbocycles. The number of hydrogen-bond donors (Lipinski definition) is 3. The van der Waals surface area contributed by atoms with E-state index < -0.39 is 12.1 Å². The highest BCUT2D eigenvalue weighted by molar-refractivity contribution is 5.76. The van der Waals surface area contributed by atoms with Crippen molar-refractivity contribution in [3.8, 4) is 0 Å². The van der Waals surface area contributed by atoms with E-state index >= 15 is 0 Å². The summed E-state index contributed by atoms with van der Waals surface area (Å²) >= 11 is 0. The van der Waals surface area contributed by atoms with Crippen LogP contribution in [0.1, 0.15) is 412 Å². The van der Waals surface area contributed by atoms with Gasteiger partial charge in [0.05, 0.1) is 25.4 Å². The zero-order valence-corrected chi connectivity index (χ0v) is 54.3. The molecule has 0 aromatic rings. The second kappa shape index (κ2) is 69.8. The highest BCUT2D eigenvalue weighted by atomic mass is 16.5. The van der Waals surface area contributed by atoms with E-state index in [9.17, 15) is 19.8 Å². The molecule has 6 nitrogen and oxygen atoms in total. The number of aliphatic hydroxyl groups is 2. The van der Waals surface area contributed by atoms with Crippen LogP contribution >= 0.6 is 0 Å². The van der Waals surface area contributed by atoms with Crippen LogP contribution in [0.4, 0.5) is 0 Å². The Balaban J connectivity index is 3.35. The zero-order valence-electron chi connectivity index (χ0n) is 54.3. The van der Waals surface area contributed by atoms with Gasteiger partial charge in [0, 0.05) is 12.8 Å². The summed E-state index contributed by atoms with van der Waals surface area (Å²) in [6.07, 6.45) is 88.0. The van der Waals surface area contributed by atoms with Crippen molar-refractivity contribution in [2.24, 2.45) is 0 Å². The minimum absolute atomic E-state index is 0.0105. The van der Waals surface area contributed by atoms with Gasteiger partial charge in [-0.25, -0.2) is 0 Å². The van der Waals surface area contributed by atoms with E-state index in [4.69, 9.17) is 4.74 Å². The number of carbonyl (C=O) groups is 2. The van der Waals surface area contributed by atoms with Crippen molar-refractivity contribution in [2.45, 2.75) is 424 Å². The summed E-state index contributed by atoms with van der Waals surface area (Å²) < 4.78 is 5.50. The van der Waals surface area contributed by atoms with E-state index in [1.165, 1.54) is 327 Å². The Kier molecular flexibility index (Phi) is 68.4. The molecule has 3 N–H and O–H groups in total. The molecule has 0 aliphatic carbocycles. The van der Waals surface area contributed by atoms with Gasteiger partial charge in [-0.1, -0.05) is 366 Å². The molecule has 6 heteroatoms. The average molecular weight is 1130 g/mol. The molecule has 2 atom stereocenters. The number of ether oxygens (including phenoxy) is 1. The van der Waals surface area contributed by atoms with Gasteiger partial charge in [0.2, 0.25) is 5.91 Å². The van der Waals surface area contributed by atoms with Crippen LogP contribution in [0.5, 0.6) is 0 Å². The van der Waals surface area contributed by atoms with Crippen LogP contribution in [0.2, 0.25) is 0 Å². The molecule has 0 fully saturated rings. The molecule has 0 bridgehead atoms. The van der Waals surface area contributed by atoms with Crippen LogP contribution < -0.4 is 5.32 Å². The summed E-state index contributed by atoms with van der Waals surface area (Å²) in [5.74, 6) is -0.0178. The molecule has 1 amide bonds. The molecule has 0 spiro atoms. The van der Waals surface area contributed by atoms with Gasteiger partial charge in [0.15, 0.2) is 0 Å². The average Bonchev–Trinajstić information content (AvgIpc) is 3.46. The SMILES string of the molecule is CCCCC/C=C\C/C=C\CCCCCCCCCC(=O)OCCCCCCCCCCCCCCCCCCCCCCCCCCCCC(=O)NC(CO)C(O)CCCCCCCCCCCCCCCCCCCCCC. The van der Waals surface area contributed by atoms with Gasteiger partial charge in [0.25, 0.3) is 0 Å². The molecule has 0 heterocycles. The molecule has 0 saturated carbocycles. The normalized spacial score (nSPS) is 12.6. The lowest BCUT2D eigenvalue weighted by Crippen LogP contribution is -2.45. The first kappa shape index (κ1) is 78.3. The highest BCUT2D eigenvalue weighted by Gasteiger charge is 2.20. The molecule has 0 radical (unpaired) electrons. The Morgan fingerprint density at radius 2 is 0.625 bits per heavy atom. The standard InChI is InChI=1S/C74H143NO5/c1-3-5-7-9-11-13-15-17-19-21-22-31-35-38-42-46-50-54-58-62-66-72(77)71(70-76)75-73(78)67-63-59-55-51-47-43-39-36-32-29-27-25-23-24-26-28-30-33-37-41-45-49-53-57-61-65-69-80-74(79)68-64-60-56-52-48-44-40-34-20-18-16-14-12-10-8-6-4-2/h12,14,18,20,71-72,76-77H,3-11,13,15-17,19,21-70H2,1-2H3,(H,75,78)/b14-12-,20-18-. The lowest BCUT2D eigenvalue weighted by atomic mass is 10.0. The Hall–Kier alpha value is -1.66. The number of allylic oxidation sites excluding steroid dienone is 4. The number of aliphatic hydroxyl groups excluding tert-OH is 2. The van der Waals surface area contributed by atoms with E-state index in [0.29, 0.717) is 25.9 Å². The fourth-order valence-corrected chi connectivity index (χ4v) is 11.7. The maximum atomic E-state index is 12.5. The second-order valence-electron chi connectivity index (χ2n) is 25.3. The minimum atomic E-state index is -0.663. The molecule has 0 rings (SSSR count). The van der Waals surface area contributed by atoms with E-state index in [-0.39, 0.29) is 18.5 Å². The number of amides is 1. The van der Waals surface area contributed by atoms with Crippen molar-refractivity contribution < 1.29 is 24.5 Å². The van der Waals surface area contributed by atoms with Gasteiger partial charge in [-0.05, 0) is 57.8 Å². The first-order valence-corrected chi connectivity index (χ1v) is 36.6. The van der Waals surface area contributed by atoms with Gasteiger partial charge in [-0.3, -0.25) is 9.59 Å². The first-order chi connectivity index (χ1) is 39.5. The van der Waals surface area contributed by atoms with Crippen LogP contribution in [-0.4, -0.2) is 47.4 Å². The predicted molar refractivity (Wildman–Crippen MR) is 352 cm³/mol. The van der Waals surface area contributed by atoms with Crippen LogP contribution in [0.15, 0.2) is 24.3 Å². The van der Waals surface area contributed by atoms with Crippen LogP contribution in [-0.2, 0) is 14.3 Å². The number of carbonyl (C=O) groups excluding carboxylic acids is 2. The molecule has 0 aliphatic rings. The van der Waals surface area contributed by atoms with Gasteiger partial charge in [-0.15, -0.1) is 0 Å². The summed E-state index contributed by atoms with van der Waals surface area (Å²) in [7, 11) is 0. The van der Waals surface area contributed by atoms with Crippen molar-refractivity contribution in [3.63, 3.8) is 0 Å². The zero-order chi connectivity index (χ0) is 57.8. The van der Waals surface area contributed by atoms with Crippen molar-refractivity contribution >= 4 is 11.9 Å². The van der Waals surface area contributed by atoms with Crippen LogP contribution in [0.25, 0.3) is 0 Å². The van der Waals surface area contributed by atoms with Crippen molar-refractivity contribution in [1.82, 2.24) is 5.32 Å². The van der Waals surface area contributed by atoms with E-state index in [1.807, 2.05) is 0 Å². The van der Waals surface area contributed by atoms with Crippen LogP contribution in [0, 0.1) is 0 Å². The second-order valence-corrected chi connectivity index (χ2v) is 25.3. The fraction of sp³-hybridized carbons (Fsp3) is 0.919. The molecule has 0 aromatic heterocycles. The van der Waals surface area contributed by atoms with Gasteiger partial charge >= 0.3 is 5.97 Å². The monoisotopic (exact) mass is 1130 g/mol. The third kappa shape index (κ3) is 65.5. The van der Waals surface area contributed by atoms with Gasteiger partial charge in [0.1, 0.15) is 0 Å². The topological polar surface area (TPSA) is 95.9 Å². The number of hydrogen-bond acceptors (Lipinski definition) is 5. The third-order valence-corrected chi connectivity index (χ3v) is 17.3. The quantitative estimate of drug-likeness (QED) is 0.0320. The fourth-order valence-electron chi connectivity index (χ4n) is 11.7. The van der Waals surface area contributed by atoms with Gasteiger partial charge < -0.3 is 20.3 Å². The lowest BCUT2D eigenvalue weighted by molar-refractivity contribution is -0.143. The lowest BCUT2D eigenvalue weighted by Gasteiger charge is -2.22. The number of esters is 1. The highest BCUT2D eigenvalue weighted by Crippen LogP contribution is 2.19. The molecule has 474 valence electrons. The third-order valence-electron chi connectivity index (χ3n) is 17.3. The summed E-state index contributed by atoms with van der Waals surface area (Å²) in [6.45, 7) is 4.97.